The number of hydrogen-bond donors (Lipinski definition) is 0. The van der Waals surface area contributed by atoms with Crippen LogP contribution in [0.1, 0.15) is 26.2 Å². The third-order valence-electron chi connectivity index (χ3n) is 4.90. The van der Waals surface area contributed by atoms with Crippen LogP contribution in [0.3, 0.4) is 0 Å². The summed E-state index contributed by atoms with van der Waals surface area (Å²) < 4.78 is 5.33. The molecule has 27 heavy (non-hydrogen) atoms. The van der Waals surface area contributed by atoms with Crippen LogP contribution in [0.4, 0.5) is 11.4 Å². The number of anilines is 1. The summed E-state index contributed by atoms with van der Waals surface area (Å²) in [6.07, 6.45) is 6.53. The Hall–Kier alpha value is -3.29. The van der Waals surface area contributed by atoms with Gasteiger partial charge in [0.1, 0.15) is 5.69 Å². The Balaban J connectivity index is 1.70. The van der Waals surface area contributed by atoms with Gasteiger partial charge < -0.3 is 9.42 Å². The van der Waals surface area contributed by atoms with Gasteiger partial charge in [0.05, 0.1) is 4.92 Å². The van der Waals surface area contributed by atoms with Crippen LogP contribution < -0.4 is 4.90 Å². The monoisotopic (exact) mass is 365 g/mol. The standard InChI is InChI=1S/C19H19N5O3/c1-13-4-2-3-11-23(13)16-6-5-15(12-17(16)24(25)26)19-21-18(22-27-19)14-7-9-20-10-8-14/h5-10,12-13H,2-4,11H2,1H3/t13-/m1/s1. The maximum Gasteiger partial charge on any atom is 0.293 e. The van der Waals surface area contributed by atoms with Gasteiger partial charge in [0.15, 0.2) is 0 Å². The number of hydrogen-bond acceptors (Lipinski definition) is 7. The SMILES string of the molecule is C[C@@H]1CCCCN1c1ccc(-c2nc(-c3ccncc3)no2)cc1[N+](=O)[O-]. The largest absolute Gasteiger partial charge is 0.363 e. The lowest BCUT2D eigenvalue weighted by atomic mass is 10.0. The van der Waals surface area contributed by atoms with Gasteiger partial charge >= 0.3 is 0 Å². The molecule has 0 amide bonds. The predicted octanol–water partition coefficient (Wildman–Crippen LogP) is 4.09. The summed E-state index contributed by atoms with van der Waals surface area (Å²) in [5.74, 6) is 0.673. The second kappa shape index (κ2) is 7.14. The number of piperidine rings is 1. The van der Waals surface area contributed by atoms with E-state index in [-0.39, 0.29) is 22.5 Å². The van der Waals surface area contributed by atoms with Crippen LogP contribution in [0.2, 0.25) is 0 Å². The summed E-state index contributed by atoms with van der Waals surface area (Å²) in [5, 5.41) is 15.7. The summed E-state index contributed by atoms with van der Waals surface area (Å²) in [4.78, 5) is 21.8. The zero-order valence-electron chi connectivity index (χ0n) is 14.9. The Morgan fingerprint density at radius 3 is 2.74 bits per heavy atom. The minimum atomic E-state index is -0.347. The molecule has 0 unspecified atom stereocenters. The molecule has 1 aliphatic heterocycles. The van der Waals surface area contributed by atoms with Crippen LogP contribution in [0.5, 0.6) is 0 Å². The second-order valence-electron chi connectivity index (χ2n) is 6.66. The topological polar surface area (TPSA) is 98.2 Å². The van der Waals surface area contributed by atoms with Crippen LogP contribution in [-0.4, -0.2) is 32.6 Å². The molecule has 0 radical (unpaired) electrons. The van der Waals surface area contributed by atoms with E-state index in [4.69, 9.17) is 4.52 Å². The zero-order valence-corrected chi connectivity index (χ0v) is 14.9. The molecule has 3 heterocycles. The first-order chi connectivity index (χ1) is 13.1. The Bertz CT molecular complexity index is 957. The highest BCUT2D eigenvalue weighted by atomic mass is 16.6. The van der Waals surface area contributed by atoms with Crippen molar-refractivity contribution < 1.29 is 9.45 Å². The number of pyridine rings is 1. The molecule has 3 aromatic rings. The zero-order chi connectivity index (χ0) is 18.8. The van der Waals surface area contributed by atoms with Crippen molar-refractivity contribution in [3.05, 3.63) is 52.8 Å². The van der Waals surface area contributed by atoms with E-state index >= 15 is 0 Å². The third kappa shape index (κ3) is 3.38. The summed E-state index contributed by atoms with van der Waals surface area (Å²) in [6, 6.07) is 8.93. The Morgan fingerprint density at radius 2 is 2.00 bits per heavy atom. The highest BCUT2D eigenvalue weighted by molar-refractivity contribution is 5.72. The first-order valence-corrected chi connectivity index (χ1v) is 8.93. The van der Waals surface area contributed by atoms with Crippen molar-refractivity contribution in [1.29, 1.82) is 0 Å². The lowest BCUT2D eigenvalue weighted by Gasteiger charge is -2.35. The average molecular weight is 365 g/mol. The smallest absolute Gasteiger partial charge is 0.293 e. The normalized spacial score (nSPS) is 17.1. The molecule has 1 fully saturated rings. The van der Waals surface area contributed by atoms with Crippen LogP contribution >= 0.6 is 0 Å². The Kier molecular flexibility index (Phi) is 4.53. The molecule has 0 N–H and O–H groups in total. The van der Waals surface area contributed by atoms with Gasteiger partial charge in [-0.3, -0.25) is 15.1 Å². The number of benzene rings is 1. The third-order valence-corrected chi connectivity index (χ3v) is 4.90. The second-order valence-corrected chi connectivity index (χ2v) is 6.66. The van der Waals surface area contributed by atoms with Gasteiger partial charge in [-0.1, -0.05) is 5.16 Å². The van der Waals surface area contributed by atoms with E-state index in [2.05, 4.69) is 26.9 Å². The number of nitrogens with zero attached hydrogens (tertiary/aromatic N) is 5. The average Bonchev–Trinajstić information content (AvgIpc) is 3.19. The molecule has 138 valence electrons. The minimum absolute atomic E-state index is 0.0601. The van der Waals surface area contributed by atoms with E-state index < -0.39 is 0 Å². The lowest BCUT2D eigenvalue weighted by molar-refractivity contribution is -0.384. The summed E-state index contributed by atoms with van der Waals surface area (Å²) >= 11 is 0. The van der Waals surface area contributed by atoms with Crippen molar-refractivity contribution >= 4 is 11.4 Å². The number of rotatable bonds is 4. The molecule has 8 nitrogen and oxygen atoms in total. The van der Waals surface area contributed by atoms with E-state index in [1.165, 1.54) is 6.07 Å². The van der Waals surface area contributed by atoms with Crippen molar-refractivity contribution in [3.8, 4) is 22.8 Å². The van der Waals surface area contributed by atoms with Crippen molar-refractivity contribution in [2.75, 3.05) is 11.4 Å². The van der Waals surface area contributed by atoms with Crippen LogP contribution in [0, 0.1) is 10.1 Å². The van der Waals surface area contributed by atoms with Gasteiger partial charge in [-0.05, 0) is 50.5 Å². The van der Waals surface area contributed by atoms with E-state index in [0.29, 0.717) is 17.1 Å². The molecule has 1 aromatic carbocycles. The van der Waals surface area contributed by atoms with Crippen molar-refractivity contribution in [1.82, 2.24) is 15.1 Å². The molecule has 0 saturated carbocycles. The fraction of sp³-hybridized carbons (Fsp3) is 0.316. The molecule has 1 aliphatic rings. The van der Waals surface area contributed by atoms with Gasteiger partial charge in [0, 0.05) is 42.2 Å². The maximum absolute atomic E-state index is 11.7. The molecular formula is C19H19N5O3. The highest BCUT2D eigenvalue weighted by Crippen LogP contribution is 2.36. The minimum Gasteiger partial charge on any atom is -0.363 e. The van der Waals surface area contributed by atoms with Crippen LogP contribution in [0.15, 0.2) is 47.2 Å². The van der Waals surface area contributed by atoms with Crippen LogP contribution in [-0.2, 0) is 0 Å². The van der Waals surface area contributed by atoms with E-state index in [1.807, 2.05) is 0 Å². The molecule has 4 rings (SSSR count). The fourth-order valence-corrected chi connectivity index (χ4v) is 3.46. The molecular weight excluding hydrogens is 346 g/mol. The first-order valence-electron chi connectivity index (χ1n) is 8.93. The Morgan fingerprint density at radius 1 is 1.19 bits per heavy atom. The van der Waals surface area contributed by atoms with Gasteiger partial charge in [-0.2, -0.15) is 4.98 Å². The van der Waals surface area contributed by atoms with Gasteiger partial charge in [-0.25, -0.2) is 0 Å². The number of nitro groups is 1. The molecule has 0 spiro atoms. The molecule has 1 saturated heterocycles. The fourth-order valence-electron chi connectivity index (χ4n) is 3.46. The molecule has 0 bridgehead atoms. The summed E-state index contributed by atoms with van der Waals surface area (Å²) in [5.41, 5.74) is 2.01. The molecule has 1 atom stereocenters. The number of aromatic nitrogens is 3. The van der Waals surface area contributed by atoms with E-state index in [1.54, 1.807) is 36.7 Å². The molecule has 2 aromatic heterocycles. The first kappa shape index (κ1) is 17.1. The summed E-state index contributed by atoms with van der Waals surface area (Å²) in [7, 11) is 0. The van der Waals surface area contributed by atoms with Crippen molar-refractivity contribution in [2.24, 2.45) is 0 Å². The quantitative estimate of drug-likeness (QED) is 0.507. The van der Waals surface area contributed by atoms with Crippen LogP contribution in [0.25, 0.3) is 22.8 Å². The highest BCUT2D eigenvalue weighted by Gasteiger charge is 2.26. The Labute approximate surface area is 156 Å². The lowest BCUT2D eigenvalue weighted by Crippen LogP contribution is -2.37. The molecule has 0 aliphatic carbocycles. The van der Waals surface area contributed by atoms with Gasteiger partial charge in [-0.15, -0.1) is 0 Å². The predicted molar refractivity (Wildman–Crippen MR) is 100 cm³/mol. The van der Waals surface area contributed by atoms with Crippen molar-refractivity contribution in [3.63, 3.8) is 0 Å². The van der Waals surface area contributed by atoms with E-state index in [0.717, 1.165) is 31.4 Å². The summed E-state index contributed by atoms with van der Waals surface area (Å²) in [6.45, 7) is 2.93. The van der Waals surface area contributed by atoms with Gasteiger partial charge in [0.25, 0.3) is 11.6 Å². The maximum atomic E-state index is 11.7. The van der Waals surface area contributed by atoms with Crippen molar-refractivity contribution in [2.45, 2.75) is 32.2 Å². The van der Waals surface area contributed by atoms with E-state index in [9.17, 15) is 10.1 Å². The number of nitro benzene ring substituents is 1. The molecule has 8 heteroatoms. The van der Waals surface area contributed by atoms with Gasteiger partial charge in [0.2, 0.25) is 5.82 Å².